The molecule has 0 radical (unpaired) electrons. The number of carbonyl (C=O) groups excluding carboxylic acids is 1. The van der Waals surface area contributed by atoms with Gasteiger partial charge in [-0.05, 0) is 60.2 Å². The van der Waals surface area contributed by atoms with Crippen LogP contribution < -0.4 is 10.3 Å². The summed E-state index contributed by atoms with van der Waals surface area (Å²) in [7, 11) is 0. The zero-order valence-electron chi connectivity index (χ0n) is 19.4. The van der Waals surface area contributed by atoms with Gasteiger partial charge in [-0.15, -0.1) is 0 Å². The summed E-state index contributed by atoms with van der Waals surface area (Å²) in [5.41, 5.74) is 5.73. The van der Waals surface area contributed by atoms with Gasteiger partial charge < -0.3 is 4.42 Å². The molecule has 2 heterocycles. The molecule has 1 atom stereocenters. The van der Waals surface area contributed by atoms with E-state index in [1.165, 1.54) is 11.1 Å². The molecule has 0 saturated carbocycles. The highest BCUT2D eigenvalue weighted by molar-refractivity contribution is 6.10. The fourth-order valence-corrected chi connectivity index (χ4v) is 4.62. The van der Waals surface area contributed by atoms with Gasteiger partial charge in [0.2, 0.25) is 5.76 Å². The van der Waals surface area contributed by atoms with Crippen LogP contribution >= 0.6 is 0 Å². The van der Waals surface area contributed by atoms with Crippen LogP contribution in [0.25, 0.3) is 11.0 Å². The van der Waals surface area contributed by atoms with E-state index in [1.54, 1.807) is 11.0 Å². The van der Waals surface area contributed by atoms with Crippen LogP contribution in [0.3, 0.4) is 0 Å². The summed E-state index contributed by atoms with van der Waals surface area (Å²) in [6.07, 6.45) is 0.916. The Labute approximate surface area is 193 Å². The van der Waals surface area contributed by atoms with Gasteiger partial charge in [-0.2, -0.15) is 0 Å². The predicted molar refractivity (Wildman–Crippen MR) is 132 cm³/mol. The molecule has 0 saturated heterocycles. The number of amides is 1. The van der Waals surface area contributed by atoms with E-state index in [1.807, 2.05) is 55.5 Å². The van der Waals surface area contributed by atoms with E-state index in [0.29, 0.717) is 22.5 Å². The first kappa shape index (κ1) is 21.2. The highest BCUT2D eigenvalue weighted by Gasteiger charge is 2.43. The van der Waals surface area contributed by atoms with Crippen LogP contribution in [-0.2, 0) is 6.42 Å². The van der Waals surface area contributed by atoms with E-state index in [-0.39, 0.29) is 17.1 Å². The molecule has 33 heavy (non-hydrogen) atoms. The van der Waals surface area contributed by atoms with E-state index in [0.717, 1.165) is 23.2 Å². The Hall–Kier alpha value is -3.66. The maximum Gasteiger partial charge on any atom is 0.295 e. The molecule has 1 aliphatic heterocycles. The minimum atomic E-state index is -0.539. The molecule has 0 fully saturated rings. The summed E-state index contributed by atoms with van der Waals surface area (Å²) in [5.74, 6) is 0.242. The standard InChI is InChI=1S/C29H27NO3/c1-5-19-7-13-22(14-8-19)30-26(21-11-9-20(10-12-21)17(2)3)25-27(31)23-16-18(4)6-15-24(23)33-28(25)29(30)32/h6-17,26H,5H2,1-4H3. The third kappa shape index (κ3) is 3.46. The second-order valence-electron chi connectivity index (χ2n) is 9.09. The van der Waals surface area contributed by atoms with Gasteiger partial charge in [0, 0.05) is 5.69 Å². The van der Waals surface area contributed by atoms with Gasteiger partial charge in [-0.3, -0.25) is 14.5 Å². The SMILES string of the molecule is CCc1ccc(N2C(=O)c3oc4ccc(C)cc4c(=O)c3C2c2ccc(C(C)C)cc2)cc1. The Morgan fingerprint density at radius 3 is 2.27 bits per heavy atom. The maximum absolute atomic E-state index is 13.7. The van der Waals surface area contributed by atoms with E-state index in [2.05, 4.69) is 32.9 Å². The third-order valence-electron chi connectivity index (χ3n) is 6.57. The summed E-state index contributed by atoms with van der Waals surface area (Å²) in [6, 6.07) is 21.1. The number of aryl methyl sites for hydroxylation is 2. The molecular formula is C29H27NO3. The van der Waals surface area contributed by atoms with Crippen molar-refractivity contribution in [3.8, 4) is 0 Å². The van der Waals surface area contributed by atoms with Gasteiger partial charge in [-0.25, -0.2) is 0 Å². The lowest BCUT2D eigenvalue weighted by molar-refractivity contribution is 0.0971. The fourth-order valence-electron chi connectivity index (χ4n) is 4.62. The number of hydrogen-bond acceptors (Lipinski definition) is 3. The summed E-state index contributed by atoms with van der Waals surface area (Å²) in [6.45, 7) is 8.34. The van der Waals surface area contributed by atoms with Crippen molar-refractivity contribution in [1.82, 2.24) is 0 Å². The molecule has 4 nitrogen and oxygen atoms in total. The molecule has 0 spiro atoms. The molecule has 5 rings (SSSR count). The predicted octanol–water partition coefficient (Wildman–Crippen LogP) is 6.54. The minimum Gasteiger partial charge on any atom is -0.450 e. The molecule has 3 aromatic carbocycles. The van der Waals surface area contributed by atoms with Crippen molar-refractivity contribution in [1.29, 1.82) is 0 Å². The second kappa shape index (κ2) is 8.04. The topological polar surface area (TPSA) is 50.5 Å². The van der Waals surface area contributed by atoms with Crippen LogP contribution in [-0.4, -0.2) is 5.91 Å². The van der Waals surface area contributed by atoms with Crippen molar-refractivity contribution in [3.05, 3.63) is 111 Å². The Balaban J connectivity index is 1.75. The third-order valence-corrected chi connectivity index (χ3v) is 6.57. The lowest BCUT2D eigenvalue weighted by atomic mass is 9.95. The number of hydrogen-bond donors (Lipinski definition) is 0. The number of anilines is 1. The average molecular weight is 438 g/mol. The van der Waals surface area contributed by atoms with Crippen LogP contribution in [0.4, 0.5) is 5.69 Å². The maximum atomic E-state index is 13.7. The largest absolute Gasteiger partial charge is 0.450 e. The van der Waals surface area contributed by atoms with Crippen LogP contribution in [0.15, 0.2) is 75.9 Å². The zero-order chi connectivity index (χ0) is 23.3. The average Bonchev–Trinajstić information content (AvgIpc) is 3.12. The number of rotatable bonds is 4. The van der Waals surface area contributed by atoms with Crippen LogP contribution in [0.5, 0.6) is 0 Å². The van der Waals surface area contributed by atoms with Crippen LogP contribution in [0, 0.1) is 6.92 Å². The number of carbonyl (C=O) groups is 1. The van der Waals surface area contributed by atoms with E-state index in [4.69, 9.17) is 4.42 Å². The first-order valence-electron chi connectivity index (χ1n) is 11.5. The molecule has 4 heteroatoms. The van der Waals surface area contributed by atoms with E-state index >= 15 is 0 Å². The van der Waals surface area contributed by atoms with Gasteiger partial charge in [0.1, 0.15) is 5.58 Å². The highest BCUT2D eigenvalue weighted by atomic mass is 16.3. The molecule has 1 aromatic heterocycles. The van der Waals surface area contributed by atoms with Crippen LogP contribution in [0.1, 0.15) is 71.1 Å². The molecule has 1 amide bonds. The first-order chi connectivity index (χ1) is 15.9. The number of benzene rings is 3. The fraction of sp³-hybridized carbons (Fsp3) is 0.241. The van der Waals surface area contributed by atoms with Crippen molar-refractivity contribution in [2.24, 2.45) is 0 Å². The monoisotopic (exact) mass is 437 g/mol. The molecule has 1 unspecified atom stereocenters. The van der Waals surface area contributed by atoms with Gasteiger partial charge >= 0.3 is 0 Å². The smallest absolute Gasteiger partial charge is 0.295 e. The van der Waals surface area contributed by atoms with Crippen LogP contribution in [0.2, 0.25) is 0 Å². The lowest BCUT2D eigenvalue weighted by Crippen LogP contribution is -2.29. The number of fused-ring (bicyclic) bond motifs is 2. The highest BCUT2D eigenvalue weighted by Crippen LogP contribution is 2.41. The van der Waals surface area contributed by atoms with E-state index in [9.17, 15) is 9.59 Å². The second-order valence-corrected chi connectivity index (χ2v) is 9.09. The quantitative estimate of drug-likeness (QED) is 0.364. The lowest BCUT2D eigenvalue weighted by Gasteiger charge is -2.25. The summed E-state index contributed by atoms with van der Waals surface area (Å²) >= 11 is 0. The Bertz CT molecular complexity index is 1410. The molecular weight excluding hydrogens is 410 g/mol. The molecule has 0 aliphatic carbocycles. The number of nitrogens with zero attached hydrogens (tertiary/aromatic N) is 1. The van der Waals surface area contributed by atoms with Gasteiger partial charge in [0.25, 0.3) is 5.91 Å². The Morgan fingerprint density at radius 2 is 1.64 bits per heavy atom. The Kier molecular flexibility index (Phi) is 5.16. The minimum absolute atomic E-state index is 0.133. The molecule has 1 aliphatic rings. The van der Waals surface area contributed by atoms with Crippen molar-refractivity contribution in [3.63, 3.8) is 0 Å². The summed E-state index contributed by atoms with van der Waals surface area (Å²) < 4.78 is 6.07. The van der Waals surface area contributed by atoms with Gasteiger partial charge in [0.15, 0.2) is 5.43 Å². The summed E-state index contributed by atoms with van der Waals surface area (Å²) in [5, 5.41) is 0.508. The van der Waals surface area contributed by atoms with Crippen molar-refractivity contribution < 1.29 is 9.21 Å². The Morgan fingerprint density at radius 1 is 0.939 bits per heavy atom. The van der Waals surface area contributed by atoms with E-state index < -0.39 is 6.04 Å². The summed E-state index contributed by atoms with van der Waals surface area (Å²) in [4.78, 5) is 29.1. The van der Waals surface area contributed by atoms with Gasteiger partial charge in [0.05, 0.1) is 17.0 Å². The molecule has 166 valence electrons. The first-order valence-corrected chi connectivity index (χ1v) is 11.5. The van der Waals surface area contributed by atoms with Crippen molar-refractivity contribution in [2.45, 2.75) is 46.1 Å². The molecule has 0 bridgehead atoms. The van der Waals surface area contributed by atoms with Gasteiger partial charge in [-0.1, -0.05) is 68.8 Å². The molecule has 4 aromatic rings. The van der Waals surface area contributed by atoms with Crippen molar-refractivity contribution >= 4 is 22.6 Å². The molecule has 0 N–H and O–H groups in total. The normalized spacial score (nSPS) is 15.5. The zero-order valence-corrected chi connectivity index (χ0v) is 19.4. The van der Waals surface area contributed by atoms with Crippen molar-refractivity contribution in [2.75, 3.05) is 4.90 Å².